The first-order valence-electron chi connectivity index (χ1n) is 9.03. The minimum atomic E-state index is -0.754. The van der Waals surface area contributed by atoms with E-state index in [0.717, 1.165) is 0 Å². The Morgan fingerprint density at radius 3 is 2.94 bits per heavy atom. The molecule has 156 valence electrons. The fourth-order valence-electron chi connectivity index (χ4n) is 3.13. The third kappa shape index (κ3) is 3.73. The Bertz CT molecular complexity index is 1290. The number of hydrogen-bond acceptors (Lipinski definition) is 10. The highest BCUT2D eigenvalue weighted by atomic mass is 35.5. The molecule has 0 saturated carbocycles. The molecule has 5 rings (SSSR count). The molecule has 31 heavy (non-hydrogen) atoms. The summed E-state index contributed by atoms with van der Waals surface area (Å²) in [6, 6.07) is 6.90. The van der Waals surface area contributed by atoms with E-state index in [1.807, 2.05) is 24.3 Å². The van der Waals surface area contributed by atoms with Crippen molar-refractivity contribution in [3.63, 3.8) is 0 Å². The van der Waals surface area contributed by atoms with Crippen LogP contribution in [-0.2, 0) is 4.79 Å². The maximum absolute atomic E-state index is 13.0. The summed E-state index contributed by atoms with van der Waals surface area (Å²) in [5.41, 5.74) is 4.26. The normalized spacial score (nSPS) is 16.2. The van der Waals surface area contributed by atoms with Gasteiger partial charge in [0.25, 0.3) is 5.91 Å². The number of allylic oxidation sites excluding steroid dienone is 1. The number of amides is 1. The SMILES string of the molecule is CC1=C(C(=O)Nc2nncs2)C(c2[nH]ncc2Cl)N=C(Nc2nc3ccccc3o2)N1. The first-order chi connectivity index (χ1) is 15.1. The molecule has 3 aromatic heterocycles. The van der Waals surface area contributed by atoms with Crippen LogP contribution in [0, 0.1) is 0 Å². The van der Waals surface area contributed by atoms with Crippen molar-refractivity contribution in [2.45, 2.75) is 13.0 Å². The van der Waals surface area contributed by atoms with Crippen molar-refractivity contribution in [2.75, 3.05) is 10.6 Å². The van der Waals surface area contributed by atoms with Gasteiger partial charge >= 0.3 is 6.01 Å². The van der Waals surface area contributed by atoms with Gasteiger partial charge in [0.2, 0.25) is 11.1 Å². The quantitative estimate of drug-likeness (QED) is 0.367. The number of halogens is 1. The Hall–Kier alpha value is -3.77. The summed E-state index contributed by atoms with van der Waals surface area (Å²) in [7, 11) is 0. The van der Waals surface area contributed by atoms with Crippen molar-refractivity contribution >= 4 is 57.1 Å². The number of fused-ring (bicyclic) bond motifs is 1. The summed E-state index contributed by atoms with van der Waals surface area (Å²) < 4.78 is 5.70. The average molecular weight is 456 g/mol. The van der Waals surface area contributed by atoms with E-state index in [1.165, 1.54) is 23.0 Å². The minimum absolute atomic E-state index is 0.261. The van der Waals surface area contributed by atoms with Crippen molar-refractivity contribution in [3.05, 3.63) is 58.0 Å². The first-order valence-corrected chi connectivity index (χ1v) is 10.3. The maximum Gasteiger partial charge on any atom is 0.302 e. The smallest absolute Gasteiger partial charge is 0.302 e. The Balaban J connectivity index is 1.48. The fourth-order valence-corrected chi connectivity index (χ4v) is 3.77. The predicted molar refractivity (Wildman–Crippen MR) is 116 cm³/mol. The lowest BCUT2D eigenvalue weighted by atomic mass is 10.00. The number of guanidine groups is 1. The van der Waals surface area contributed by atoms with Crippen molar-refractivity contribution in [1.82, 2.24) is 30.7 Å². The van der Waals surface area contributed by atoms with Crippen molar-refractivity contribution < 1.29 is 9.21 Å². The van der Waals surface area contributed by atoms with Gasteiger partial charge in [0.1, 0.15) is 17.1 Å². The number of rotatable bonds is 4. The number of nitrogens with one attached hydrogen (secondary N) is 4. The summed E-state index contributed by atoms with van der Waals surface area (Å²) >= 11 is 7.50. The highest BCUT2D eigenvalue weighted by molar-refractivity contribution is 7.13. The van der Waals surface area contributed by atoms with Gasteiger partial charge in [-0.15, -0.1) is 10.2 Å². The van der Waals surface area contributed by atoms with E-state index in [4.69, 9.17) is 16.0 Å². The average Bonchev–Trinajstić information content (AvgIpc) is 3.48. The van der Waals surface area contributed by atoms with Crippen molar-refractivity contribution in [2.24, 2.45) is 4.99 Å². The van der Waals surface area contributed by atoms with Crippen LogP contribution in [0.15, 0.2) is 56.7 Å². The lowest BCUT2D eigenvalue weighted by Gasteiger charge is -2.25. The minimum Gasteiger partial charge on any atom is -0.423 e. The van der Waals surface area contributed by atoms with E-state index in [9.17, 15) is 4.79 Å². The van der Waals surface area contributed by atoms with Crippen LogP contribution >= 0.6 is 22.9 Å². The van der Waals surface area contributed by atoms with E-state index in [1.54, 1.807) is 6.92 Å². The lowest BCUT2D eigenvalue weighted by molar-refractivity contribution is -0.113. The summed E-state index contributed by atoms with van der Waals surface area (Å²) in [5, 5.41) is 23.9. The maximum atomic E-state index is 13.0. The number of benzene rings is 1. The standard InChI is InChI=1S/C18H14ClN9O2S/c1-8-12(15(29)25-18-28-21-7-31-18)14(13-9(19)6-20-27-13)24-16(22-8)26-17-23-10-4-2-3-5-11(10)30-17/h2-7,14H,1H3,(H,20,27)(H,25,28,29)(H2,22,23,24,26). The van der Waals surface area contributed by atoms with Gasteiger partial charge in [0, 0.05) is 5.70 Å². The molecule has 13 heteroatoms. The Kier molecular flexibility index (Phi) is 4.84. The Morgan fingerprint density at radius 2 is 2.19 bits per heavy atom. The third-order valence-electron chi connectivity index (χ3n) is 4.48. The first kappa shape index (κ1) is 19.2. The molecule has 0 spiro atoms. The van der Waals surface area contributed by atoms with Crippen LogP contribution in [0.5, 0.6) is 0 Å². The third-order valence-corrected chi connectivity index (χ3v) is 5.39. The van der Waals surface area contributed by atoms with Crippen LogP contribution in [-0.4, -0.2) is 37.2 Å². The molecule has 1 unspecified atom stereocenters. The summed E-state index contributed by atoms with van der Waals surface area (Å²) in [6.45, 7) is 1.76. The van der Waals surface area contributed by atoms with Crippen LogP contribution in [0.4, 0.5) is 11.1 Å². The Morgan fingerprint density at radius 1 is 1.32 bits per heavy atom. The fraction of sp³-hybridized carbons (Fsp3) is 0.111. The number of hydrogen-bond donors (Lipinski definition) is 4. The highest BCUT2D eigenvalue weighted by Gasteiger charge is 2.32. The van der Waals surface area contributed by atoms with Gasteiger partial charge in [0.05, 0.1) is 22.5 Å². The molecule has 1 atom stereocenters. The second-order valence-corrected chi connectivity index (χ2v) is 7.73. The summed E-state index contributed by atoms with van der Waals surface area (Å²) in [6.07, 6.45) is 1.46. The van der Waals surface area contributed by atoms with Gasteiger partial charge in [-0.05, 0) is 19.1 Å². The van der Waals surface area contributed by atoms with Crippen molar-refractivity contribution in [3.8, 4) is 0 Å². The number of aromatic amines is 1. The predicted octanol–water partition coefficient (Wildman–Crippen LogP) is 3.08. The van der Waals surface area contributed by atoms with Gasteiger partial charge in [-0.25, -0.2) is 4.99 Å². The molecule has 1 aliphatic heterocycles. The topological polar surface area (TPSA) is 146 Å². The van der Waals surface area contributed by atoms with E-state index in [2.05, 4.69) is 46.3 Å². The zero-order chi connectivity index (χ0) is 21.4. The number of para-hydroxylation sites is 2. The molecular formula is C18H14ClN9O2S. The number of anilines is 2. The van der Waals surface area contributed by atoms with Gasteiger partial charge in [-0.1, -0.05) is 35.1 Å². The molecule has 0 aliphatic carbocycles. The molecule has 11 nitrogen and oxygen atoms in total. The molecule has 0 bridgehead atoms. The second kappa shape index (κ2) is 7.81. The van der Waals surface area contributed by atoms with E-state index in [-0.39, 0.29) is 11.9 Å². The zero-order valence-corrected chi connectivity index (χ0v) is 17.5. The van der Waals surface area contributed by atoms with Gasteiger partial charge in [0.15, 0.2) is 5.58 Å². The molecule has 4 heterocycles. The zero-order valence-electron chi connectivity index (χ0n) is 15.9. The van der Waals surface area contributed by atoms with Crippen LogP contribution in [0.1, 0.15) is 18.7 Å². The molecule has 0 radical (unpaired) electrons. The number of carbonyl (C=O) groups excluding carboxylic acids is 1. The number of nitrogens with zero attached hydrogens (tertiary/aromatic N) is 5. The number of H-pyrrole nitrogens is 1. The molecule has 1 amide bonds. The monoisotopic (exact) mass is 455 g/mol. The largest absolute Gasteiger partial charge is 0.423 e. The van der Waals surface area contributed by atoms with Gasteiger partial charge < -0.3 is 9.73 Å². The molecule has 4 aromatic rings. The summed E-state index contributed by atoms with van der Waals surface area (Å²) in [4.78, 5) is 22.0. The number of oxazole rings is 1. The molecule has 0 saturated heterocycles. The van der Waals surface area contributed by atoms with Gasteiger partial charge in [-0.2, -0.15) is 10.1 Å². The number of aromatic nitrogens is 5. The lowest BCUT2D eigenvalue weighted by Crippen LogP contribution is -2.37. The van der Waals surface area contributed by atoms with Gasteiger partial charge in [-0.3, -0.25) is 20.5 Å². The van der Waals surface area contributed by atoms with Crippen LogP contribution in [0.3, 0.4) is 0 Å². The molecule has 0 fully saturated rings. The Labute approximate surface area is 183 Å². The van der Waals surface area contributed by atoms with E-state index >= 15 is 0 Å². The van der Waals surface area contributed by atoms with Crippen LogP contribution in [0.25, 0.3) is 11.1 Å². The molecule has 1 aromatic carbocycles. The molecule has 4 N–H and O–H groups in total. The molecular weight excluding hydrogens is 442 g/mol. The second-order valence-electron chi connectivity index (χ2n) is 6.49. The number of carbonyl (C=O) groups is 1. The van der Waals surface area contributed by atoms with E-state index in [0.29, 0.717) is 44.2 Å². The van der Waals surface area contributed by atoms with Crippen molar-refractivity contribution in [1.29, 1.82) is 0 Å². The highest BCUT2D eigenvalue weighted by Crippen LogP contribution is 2.34. The molecule has 1 aliphatic rings. The summed E-state index contributed by atoms with van der Waals surface area (Å²) in [5.74, 6) is -0.0470. The van der Waals surface area contributed by atoms with Crippen LogP contribution < -0.4 is 16.0 Å². The van der Waals surface area contributed by atoms with E-state index < -0.39 is 6.04 Å². The number of aliphatic imine (C=N–C) groups is 1. The van der Waals surface area contributed by atoms with Crippen LogP contribution in [0.2, 0.25) is 5.02 Å².